The van der Waals surface area contributed by atoms with Crippen LogP contribution in [0.1, 0.15) is 11.1 Å². The second-order valence-corrected chi connectivity index (χ2v) is 6.43. The van der Waals surface area contributed by atoms with E-state index in [9.17, 15) is 4.79 Å². The van der Waals surface area contributed by atoms with Crippen LogP contribution in [0.3, 0.4) is 0 Å². The molecule has 0 radical (unpaired) electrons. The Hall–Kier alpha value is -2.11. The molecular formula is C18H14BrClN2O2. The van der Waals surface area contributed by atoms with Gasteiger partial charge in [-0.1, -0.05) is 54.1 Å². The molecule has 0 unspecified atom stereocenters. The van der Waals surface area contributed by atoms with Crippen LogP contribution < -0.4 is 10.3 Å². The van der Waals surface area contributed by atoms with Crippen molar-refractivity contribution >= 4 is 27.5 Å². The van der Waals surface area contributed by atoms with Crippen LogP contribution in [-0.4, -0.2) is 9.55 Å². The van der Waals surface area contributed by atoms with E-state index in [0.29, 0.717) is 22.6 Å². The molecule has 0 spiro atoms. The lowest BCUT2D eigenvalue weighted by Crippen LogP contribution is -2.22. The van der Waals surface area contributed by atoms with Gasteiger partial charge in [-0.15, -0.1) is 0 Å². The van der Waals surface area contributed by atoms with Crippen molar-refractivity contribution in [2.24, 2.45) is 0 Å². The monoisotopic (exact) mass is 404 g/mol. The molecule has 122 valence electrons. The number of hydrogen-bond acceptors (Lipinski definition) is 3. The molecule has 0 saturated carbocycles. The number of rotatable bonds is 5. The zero-order valence-electron chi connectivity index (χ0n) is 12.7. The molecule has 0 aliphatic rings. The van der Waals surface area contributed by atoms with E-state index in [0.717, 1.165) is 11.1 Å². The molecule has 2 aromatic carbocycles. The lowest BCUT2D eigenvalue weighted by atomic mass is 10.2. The first-order chi connectivity index (χ1) is 11.6. The van der Waals surface area contributed by atoms with Crippen molar-refractivity contribution in [2.75, 3.05) is 0 Å². The summed E-state index contributed by atoms with van der Waals surface area (Å²) in [4.78, 5) is 16.7. The lowest BCUT2D eigenvalue weighted by Gasteiger charge is -2.10. The van der Waals surface area contributed by atoms with Crippen LogP contribution in [0.4, 0.5) is 0 Å². The minimum atomic E-state index is -0.192. The normalized spacial score (nSPS) is 10.6. The predicted molar refractivity (Wildman–Crippen MR) is 97.5 cm³/mol. The molecule has 0 atom stereocenters. The highest BCUT2D eigenvalue weighted by Crippen LogP contribution is 2.19. The number of halogens is 2. The first-order valence-corrected chi connectivity index (χ1v) is 8.46. The van der Waals surface area contributed by atoms with Gasteiger partial charge in [-0.2, -0.15) is 0 Å². The molecule has 3 aromatic rings. The zero-order valence-corrected chi connectivity index (χ0v) is 15.0. The van der Waals surface area contributed by atoms with Crippen molar-refractivity contribution in [3.8, 4) is 5.88 Å². The Morgan fingerprint density at radius 2 is 1.75 bits per heavy atom. The number of ether oxygens (including phenoxy) is 1. The van der Waals surface area contributed by atoms with Crippen molar-refractivity contribution in [2.45, 2.75) is 13.2 Å². The molecule has 1 heterocycles. The topological polar surface area (TPSA) is 44.1 Å². The smallest absolute Gasteiger partial charge is 0.271 e. The van der Waals surface area contributed by atoms with Crippen LogP contribution in [0, 0.1) is 0 Å². The van der Waals surface area contributed by atoms with Crippen LogP contribution in [0.2, 0.25) is 5.02 Å². The summed E-state index contributed by atoms with van der Waals surface area (Å²) in [7, 11) is 0. The molecule has 4 nitrogen and oxygen atoms in total. The predicted octanol–water partition coefficient (Wildman–Crippen LogP) is 4.29. The van der Waals surface area contributed by atoms with Gasteiger partial charge in [-0.25, -0.2) is 4.98 Å². The molecule has 3 rings (SSSR count). The molecule has 0 bridgehead atoms. The van der Waals surface area contributed by atoms with E-state index in [1.807, 2.05) is 42.5 Å². The minimum Gasteiger partial charge on any atom is -0.472 e. The Bertz CT molecular complexity index is 880. The van der Waals surface area contributed by atoms with Gasteiger partial charge >= 0.3 is 0 Å². The van der Waals surface area contributed by atoms with Gasteiger partial charge < -0.3 is 4.74 Å². The van der Waals surface area contributed by atoms with Crippen LogP contribution in [-0.2, 0) is 13.2 Å². The van der Waals surface area contributed by atoms with Gasteiger partial charge in [0.2, 0.25) is 5.88 Å². The van der Waals surface area contributed by atoms with Crippen molar-refractivity contribution in [1.29, 1.82) is 0 Å². The van der Waals surface area contributed by atoms with E-state index in [2.05, 4.69) is 20.9 Å². The van der Waals surface area contributed by atoms with Crippen molar-refractivity contribution < 1.29 is 4.74 Å². The van der Waals surface area contributed by atoms with Gasteiger partial charge in [0.25, 0.3) is 5.56 Å². The van der Waals surface area contributed by atoms with Crippen molar-refractivity contribution in [1.82, 2.24) is 9.55 Å². The molecular weight excluding hydrogens is 392 g/mol. The third-order valence-corrected chi connectivity index (χ3v) is 4.37. The highest BCUT2D eigenvalue weighted by molar-refractivity contribution is 9.10. The van der Waals surface area contributed by atoms with E-state index in [1.165, 1.54) is 10.9 Å². The molecule has 0 N–H and O–H groups in total. The van der Waals surface area contributed by atoms with Crippen LogP contribution >= 0.6 is 27.5 Å². The Morgan fingerprint density at radius 1 is 1.04 bits per heavy atom. The second kappa shape index (κ2) is 7.64. The SMILES string of the molecule is O=c1c(Br)c(OCc2ccccc2)ncn1Cc1ccc(Cl)cc1. The number of aromatic nitrogens is 2. The van der Waals surface area contributed by atoms with Gasteiger partial charge in [0.1, 0.15) is 17.4 Å². The second-order valence-electron chi connectivity index (χ2n) is 5.20. The minimum absolute atomic E-state index is 0.192. The summed E-state index contributed by atoms with van der Waals surface area (Å²) in [5.74, 6) is 0.288. The third kappa shape index (κ3) is 4.04. The quantitative estimate of drug-likeness (QED) is 0.636. The van der Waals surface area contributed by atoms with E-state index >= 15 is 0 Å². The van der Waals surface area contributed by atoms with Gasteiger partial charge in [-0.05, 0) is 39.2 Å². The lowest BCUT2D eigenvalue weighted by molar-refractivity contribution is 0.289. The molecule has 0 aliphatic heterocycles. The Labute approximate surface area is 152 Å². The first-order valence-electron chi connectivity index (χ1n) is 7.29. The number of hydrogen-bond donors (Lipinski definition) is 0. The molecule has 0 fully saturated rings. The van der Waals surface area contributed by atoms with E-state index in [4.69, 9.17) is 16.3 Å². The average Bonchev–Trinajstić information content (AvgIpc) is 2.61. The van der Waals surface area contributed by atoms with E-state index < -0.39 is 0 Å². The number of benzene rings is 2. The van der Waals surface area contributed by atoms with Crippen LogP contribution in [0.15, 0.2) is 70.2 Å². The van der Waals surface area contributed by atoms with Gasteiger partial charge in [0.15, 0.2) is 0 Å². The summed E-state index contributed by atoms with van der Waals surface area (Å²) in [6.45, 7) is 0.771. The zero-order chi connectivity index (χ0) is 16.9. The average molecular weight is 406 g/mol. The van der Waals surface area contributed by atoms with Gasteiger partial charge in [-0.3, -0.25) is 9.36 Å². The summed E-state index contributed by atoms with van der Waals surface area (Å²) < 4.78 is 7.47. The summed E-state index contributed by atoms with van der Waals surface area (Å²) in [6, 6.07) is 17.1. The summed E-state index contributed by atoms with van der Waals surface area (Å²) in [5, 5.41) is 0.662. The Balaban J connectivity index is 1.76. The summed E-state index contributed by atoms with van der Waals surface area (Å²) >= 11 is 9.16. The molecule has 0 aliphatic carbocycles. The highest BCUT2D eigenvalue weighted by Gasteiger charge is 2.11. The van der Waals surface area contributed by atoms with Crippen molar-refractivity contribution in [3.05, 3.63) is 91.9 Å². The fourth-order valence-corrected chi connectivity index (χ4v) is 2.75. The molecule has 1 aromatic heterocycles. The maximum Gasteiger partial charge on any atom is 0.271 e. The molecule has 24 heavy (non-hydrogen) atoms. The van der Waals surface area contributed by atoms with E-state index in [1.54, 1.807) is 12.1 Å². The first kappa shape index (κ1) is 16.7. The third-order valence-electron chi connectivity index (χ3n) is 3.44. The largest absolute Gasteiger partial charge is 0.472 e. The summed E-state index contributed by atoms with van der Waals surface area (Å²) in [6.07, 6.45) is 1.49. The fraction of sp³-hybridized carbons (Fsp3) is 0.111. The standard InChI is InChI=1S/C18H14BrClN2O2/c19-16-17(24-11-14-4-2-1-3-5-14)21-12-22(18(16)23)10-13-6-8-15(20)9-7-13/h1-9,12H,10-11H2. The number of nitrogens with zero attached hydrogens (tertiary/aromatic N) is 2. The Kier molecular flexibility index (Phi) is 5.33. The maximum atomic E-state index is 12.4. The Morgan fingerprint density at radius 3 is 2.46 bits per heavy atom. The van der Waals surface area contributed by atoms with Gasteiger partial charge in [0, 0.05) is 5.02 Å². The maximum absolute atomic E-state index is 12.4. The molecule has 6 heteroatoms. The molecule has 0 amide bonds. The van der Waals surface area contributed by atoms with Crippen LogP contribution in [0.25, 0.3) is 0 Å². The van der Waals surface area contributed by atoms with E-state index in [-0.39, 0.29) is 11.4 Å². The molecule has 0 saturated heterocycles. The van der Waals surface area contributed by atoms with Gasteiger partial charge in [0.05, 0.1) is 6.54 Å². The van der Waals surface area contributed by atoms with Crippen molar-refractivity contribution in [3.63, 3.8) is 0 Å². The van der Waals surface area contributed by atoms with Crippen LogP contribution in [0.5, 0.6) is 5.88 Å². The fourth-order valence-electron chi connectivity index (χ4n) is 2.17. The highest BCUT2D eigenvalue weighted by atomic mass is 79.9. The summed E-state index contributed by atoms with van der Waals surface area (Å²) in [5.41, 5.74) is 1.78.